The molecule has 0 saturated carbocycles. The van der Waals surface area contributed by atoms with Crippen LogP contribution in [0.15, 0.2) is 47.2 Å². The van der Waals surface area contributed by atoms with E-state index < -0.39 is 0 Å². The topological polar surface area (TPSA) is 12.0 Å². The van der Waals surface area contributed by atoms with Crippen molar-refractivity contribution < 1.29 is 0 Å². The first-order chi connectivity index (χ1) is 5.95. The van der Waals surface area contributed by atoms with E-state index in [1.54, 1.807) is 0 Å². The van der Waals surface area contributed by atoms with Crippen molar-refractivity contribution in [2.45, 2.75) is 6.42 Å². The number of fused-ring (bicyclic) bond motifs is 2. The average Bonchev–Trinajstić information content (AvgIpc) is 2.71. The predicted octanol–water partition coefficient (Wildman–Crippen LogP) is 1.92. The molecule has 3 rings (SSSR count). The number of allylic oxidation sites excluding steroid dienone is 7. The minimum absolute atomic E-state index is 0.667. The summed E-state index contributed by atoms with van der Waals surface area (Å²) in [4.78, 5) is 0. The molecule has 1 unspecified atom stereocenters. The van der Waals surface area contributed by atoms with E-state index in [0.29, 0.717) is 5.92 Å². The first kappa shape index (κ1) is 6.30. The van der Waals surface area contributed by atoms with Gasteiger partial charge in [0, 0.05) is 23.7 Å². The Morgan fingerprint density at radius 1 is 1.33 bits per heavy atom. The Hall–Kier alpha value is -1.24. The van der Waals surface area contributed by atoms with Crippen molar-refractivity contribution in [2.75, 3.05) is 6.54 Å². The molecule has 1 fully saturated rings. The fourth-order valence-electron chi connectivity index (χ4n) is 2.17. The number of hydrogen-bond donors (Lipinski definition) is 1. The van der Waals surface area contributed by atoms with Gasteiger partial charge < -0.3 is 5.32 Å². The Morgan fingerprint density at radius 3 is 3.33 bits per heavy atom. The van der Waals surface area contributed by atoms with Crippen LogP contribution in [0, 0.1) is 5.92 Å². The van der Waals surface area contributed by atoms with Crippen molar-refractivity contribution >= 4 is 0 Å². The molecule has 0 aromatic rings. The zero-order valence-corrected chi connectivity index (χ0v) is 6.88. The Morgan fingerprint density at radius 2 is 2.33 bits per heavy atom. The van der Waals surface area contributed by atoms with Crippen LogP contribution in [0.1, 0.15) is 6.42 Å². The minimum Gasteiger partial charge on any atom is -0.387 e. The monoisotopic (exact) mass is 157 g/mol. The van der Waals surface area contributed by atoms with E-state index >= 15 is 0 Å². The fourth-order valence-corrected chi connectivity index (χ4v) is 2.17. The summed E-state index contributed by atoms with van der Waals surface area (Å²) < 4.78 is 0. The third kappa shape index (κ3) is 0.685. The van der Waals surface area contributed by atoms with Crippen LogP contribution >= 0.6 is 0 Å². The van der Waals surface area contributed by atoms with Gasteiger partial charge in [-0.05, 0) is 12.0 Å². The second-order valence-corrected chi connectivity index (χ2v) is 3.49. The molecule has 1 saturated heterocycles. The van der Waals surface area contributed by atoms with E-state index in [2.05, 4.69) is 35.7 Å². The van der Waals surface area contributed by atoms with E-state index in [0.717, 1.165) is 6.54 Å². The van der Waals surface area contributed by atoms with Crippen LogP contribution in [-0.2, 0) is 0 Å². The van der Waals surface area contributed by atoms with Gasteiger partial charge >= 0.3 is 0 Å². The first-order valence-electron chi connectivity index (χ1n) is 4.50. The quantitative estimate of drug-likeness (QED) is 0.566. The first-order valence-corrected chi connectivity index (χ1v) is 4.50. The lowest BCUT2D eigenvalue weighted by Crippen LogP contribution is -2.11. The molecule has 1 heteroatoms. The summed E-state index contributed by atoms with van der Waals surface area (Å²) >= 11 is 0. The van der Waals surface area contributed by atoms with Gasteiger partial charge in [0.05, 0.1) is 0 Å². The largest absolute Gasteiger partial charge is 0.387 e. The van der Waals surface area contributed by atoms with Gasteiger partial charge in [-0.3, -0.25) is 0 Å². The van der Waals surface area contributed by atoms with Crippen molar-refractivity contribution in [1.29, 1.82) is 0 Å². The van der Waals surface area contributed by atoms with Crippen molar-refractivity contribution in [1.82, 2.24) is 5.32 Å². The molecule has 1 aliphatic heterocycles. The van der Waals surface area contributed by atoms with Gasteiger partial charge in [-0.1, -0.05) is 30.4 Å². The third-order valence-electron chi connectivity index (χ3n) is 2.79. The molecule has 0 amide bonds. The molecular weight excluding hydrogens is 146 g/mol. The summed E-state index contributed by atoms with van der Waals surface area (Å²) in [6, 6.07) is 0. The van der Waals surface area contributed by atoms with Gasteiger partial charge in [-0.15, -0.1) is 0 Å². The molecule has 0 spiro atoms. The number of nitrogens with one attached hydrogen (secondary N) is 1. The van der Waals surface area contributed by atoms with Crippen LogP contribution in [-0.4, -0.2) is 6.54 Å². The zero-order chi connectivity index (χ0) is 7.97. The Balaban J connectivity index is 2.17. The summed E-state index contributed by atoms with van der Waals surface area (Å²) in [5.74, 6) is 0.667. The highest BCUT2D eigenvalue weighted by molar-refractivity contribution is 5.59. The highest BCUT2D eigenvalue weighted by Gasteiger charge is 2.25. The molecule has 0 bridgehead atoms. The van der Waals surface area contributed by atoms with E-state index in [4.69, 9.17) is 0 Å². The van der Waals surface area contributed by atoms with Crippen LogP contribution in [0.3, 0.4) is 0 Å². The molecule has 0 aromatic heterocycles. The Labute approximate surface area is 72.2 Å². The zero-order valence-electron chi connectivity index (χ0n) is 6.88. The van der Waals surface area contributed by atoms with E-state index in [-0.39, 0.29) is 0 Å². The summed E-state index contributed by atoms with van der Waals surface area (Å²) in [6.07, 6.45) is 12.3. The molecular formula is C11H11N. The van der Waals surface area contributed by atoms with Crippen molar-refractivity contribution in [3.05, 3.63) is 47.2 Å². The average molecular weight is 157 g/mol. The van der Waals surface area contributed by atoms with Gasteiger partial charge in [0.1, 0.15) is 0 Å². The van der Waals surface area contributed by atoms with Crippen molar-refractivity contribution in [3.8, 4) is 0 Å². The van der Waals surface area contributed by atoms with Gasteiger partial charge in [0.25, 0.3) is 0 Å². The molecule has 0 aromatic carbocycles. The van der Waals surface area contributed by atoms with Crippen molar-refractivity contribution in [3.63, 3.8) is 0 Å². The van der Waals surface area contributed by atoms with Crippen LogP contribution in [0.5, 0.6) is 0 Å². The molecule has 1 N–H and O–H groups in total. The van der Waals surface area contributed by atoms with E-state index in [1.807, 2.05) is 0 Å². The number of rotatable bonds is 0. The SMILES string of the molecule is C1=CC2=C3NCCC3C=CC2=C1. The maximum Gasteiger partial charge on any atom is 0.0257 e. The predicted molar refractivity (Wildman–Crippen MR) is 49.5 cm³/mol. The second kappa shape index (κ2) is 2.13. The lowest BCUT2D eigenvalue weighted by atomic mass is 9.92. The Bertz CT molecular complexity index is 342. The van der Waals surface area contributed by atoms with Crippen LogP contribution < -0.4 is 5.32 Å². The molecule has 12 heavy (non-hydrogen) atoms. The van der Waals surface area contributed by atoms with Gasteiger partial charge in [-0.25, -0.2) is 0 Å². The maximum absolute atomic E-state index is 3.47. The van der Waals surface area contributed by atoms with Gasteiger partial charge in [-0.2, -0.15) is 0 Å². The number of hydrogen-bond acceptors (Lipinski definition) is 1. The van der Waals surface area contributed by atoms with Gasteiger partial charge in [0.2, 0.25) is 0 Å². The smallest absolute Gasteiger partial charge is 0.0257 e. The van der Waals surface area contributed by atoms with E-state index in [1.165, 1.54) is 23.3 Å². The molecule has 3 aliphatic rings. The lowest BCUT2D eigenvalue weighted by Gasteiger charge is -2.16. The van der Waals surface area contributed by atoms with Crippen LogP contribution in [0.2, 0.25) is 0 Å². The van der Waals surface area contributed by atoms with Crippen LogP contribution in [0.4, 0.5) is 0 Å². The molecule has 1 atom stereocenters. The second-order valence-electron chi connectivity index (χ2n) is 3.49. The minimum atomic E-state index is 0.667. The van der Waals surface area contributed by atoms with E-state index in [9.17, 15) is 0 Å². The summed E-state index contributed by atoms with van der Waals surface area (Å²) in [5, 5.41) is 3.47. The molecule has 1 heterocycles. The fraction of sp³-hybridized carbons (Fsp3) is 0.273. The molecule has 0 radical (unpaired) electrons. The molecule has 2 aliphatic carbocycles. The summed E-state index contributed by atoms with van der Waals surface area (Å²) in [5.41, 5.74) is 4.23. The highest BCUT2D eigenvalue weighted by Crippen LogP contribution is 2.35. The van der Waals surface area contributed by atoms with Crippen LogP contribution in [0.25, 0.3) is 0 Å². The molecule has 1 nitrogen and oxygen atoms in total. The Kier molecular flexibility index (Phi) is 1.12. The van der Waals surface area contributed by atoms with Gasteiger partial charge in [0.15, 0.2) is 0 Å². The molecule has 60 valence electrons. The highest BCUT2D eigenvalue weighted by atomic mass is 14.9. The third-order valence-corrected chi connectivity index (χ3v) is 2.79. The standard InChI is InChI=1S/C11H11N/c1-2-8-4-5-9-6-7-12-11(9)10(8)3-1/h1-5,9,12H,6-7H2. The summed E-state index contributed by atoms with van der Waals surface area (Å²) in [6.45, 7) is 1.13. The maximum atomic E-state index is 3.47. The lowest BCUT2D eigenvalue weighted by molar-refractivity contribution is 0.787. The summed E-state index contributed by atoms with van der Waals surface area (Å²) in [7, 11) is 0. The van der Waals surface area contributed by atoms with Crippen molar-refractivity contribution in [2.24, 2.45) is 5.92 Å². The normalized spacial score (nSPS) is 30.0.